The first kappa shape index (κ1) is 29.0. The summed E-state index contributed by atoms with van der Waals surface area (Å²) in [6.07, 6.45) is 13.4. The number of anilines is 4. The molecule has 0 unspecified atom stereocenters. The molecule has 0 spiro atoms. The van der Waals surface area contributed by atoms with Crippen molar-refractivity contribution in [3.8, 4) is 28.5 Å². The number of benzene rings is 2. The van der Waals surface area contributed by atoms with Crippen molar-refractivity contribution in [2.75, 3.05) is 48.8 Å². The normalized spacial score (nSPS) is 20.6. The maximum Gasteiger partial charge on any atom is 0.247 e. The van der Waals surface area contributed by atoms with Crippen LogP contribution in [-0.4, -0.2) is 69.7 Å². The molecule has 0 radical (unpaired) electrons. The van der Waals surface area contributed by atoms with E-state index in [4.69, 9.17) is 19.1 Å². The predicted octanol–water partition coefficient (Wildman–Crippen LogP) is 6.50. The van der Waals surface area contributed by atoms with Crippen molar-refractivity contribution in [2.24, 2.45) is 11.8 Å². The minimum absolute atomic E-state index is 0.271. The third-order valence-electron chi connectivity index (χ3n) is 10.3. The molecule has 2 aromatic carbocycles. The van der Waals surface area contributed by atoms with Crippen molar-refractivity contribution in [1.82, 2.24) is 24.4 Å². The number of amides is 1. The number of carbonyl (C=O) groups excluding carboxylic acids is 1. The third-order valence-corrected chi connectivity index (χ3v) is 10.3. The van der Waals surface area contributed by atoms with E-state index in [1.807, 2.05) is 12.1 Å². The zero-order valence-electron chi connectivity index (χ0n) is 26.9. The molecule has 11 nitrogen and oxygen atoms in total. The molecule has 5 heterocycles. The molecule has 4 fully saturated rings. The fourth-order valence-corrected chi connectivity index (χ4v) is 7.67. The summed E-state index contributed by atoms with van der Waals surface area (Å²) >= 11 is 0. The molecule has 3 aromatic heterocycles. The van der Waals surface area contributed by atoms with Crippen LogP contribution >= 0.6 is 0 Å². The number of oxazole rings is 1. The van der Waals surface area contributed by atoms with Gasteiger partial charge in [0.1, 0.15) is 12.0 Å². The highest BCUT2D eigenvalue weighted by Crippen LogP contribution is 2.45. The predicted molar refractivity (Wildman–Crippen MR) is 186 cm³/mol. The van der Waals surface area contributed by atoms with Crippen LogP contribution in [0.5, 0.6) is 5.75 Å². The Morgan fingerprint density at radius 1 is 1.00 bits per heavy atom. The largest absolute Gasteiger partial charge is 0.494 e. The Hall–Kier alpha value is -5.16. The SMILES string of the molecule is C=CC(=O)Nc1cc(Nc2ncc(-c3ncco3)c(-c3cn(C4CC4)c4ccccc34)n2)c(OC)cc1N1C[C@@H]2CN(C3CC3)C[C@@H]2C1. The van der Waals surface area contributed by atoms with Crippen molar-refractivity contribution >= 4 is 39.8 Å². The molecule has 9 rings (SSSR count). The van der Waals surface area contributed by atoms with Gasteiger partial charge in [0, 0.05) is 73.2 Å². The fraction of sp³-hybridized carbons (Fsp3) is 0.351. The average Bonchev–Trinajstić information content (AvgIpc) is 3.94. The first-order valence-electron chi connectivity index (χ1n) is 16.8. The Bertz CT molecular complexity index is 2020. The van der Waals surface area contributed by atoms with E-state index in [1.54, 1.807) is 25.8 Å². The maximum absolute atomic E-state index is 12.7. The molecule has 2 saturated heterocycles. The highest BCUT2D eigenvalue weighted by Gasteiger charge is 2.44. The Morgan fingerprint density at radius 3 is 2.50 bits per heavy atom. The fourth-order valence-electron chi connectivity index (χ4n) is 7.67. The molecular formula is C37H38N8O3. The van der Waals surface area contributed by atoms with Gasteiger partial charge in [-0.2, -0.15) is 0 Å². The molecule has 1 amide bonds. The molecule has 5 aromatic rings. The zero-order valence-corrected chi connectivity index (χ0v) is 26.9. The molecule has 244 valence electrons. The summed E-state index contributed by atoms with van der Waals surface area (Å²) in [6.45, 7) is 7.89. The van der Waals surface area contributed by atoms with E-state index in [0.717, 1.165) is 48.9 Å². The van der Waals surface area contributed by atoms with Crippen LogP contribution < -0.4 is 20.3 Å². The Kier molecular flexibility index (Phi) is 6.96. The van der Waals surface area contributed by atoms with Crippen molar-refractivity contribution in [3.05, 3.63) is 73.9 Å². The van der Waals surface area contributed by atoms with E-state index in [2.05, 4.69) is 67.0 Å². The highest BCUT2D eigenvalue weighted by molar-refractivity contribution is 6.02. The van der Waals surface area contributed by atoms with Crippen LogP contribution in [0.1, 0.15) is 31.7 Å². The van der Waals surface area contributed by atoms with E-state index >= 15 is 0 Å². The van der Waals surface area contributed by atoms with Crippen LogP contribution in [0.4, 0.5) is 23.0 Å². The van der Waals surface area contributed by atoms with Crippen molar-refractivity contribution < 1.29 is 13.9 Å². The van der Waals surface area contributed by atoms with Gasteiger partial charge in [0.2, 0.25) is 17.7 Å². The van der Waals surface area contributed by atoms with E-state index in [-0.39, 0.29) is 5.91 Å². The first-order valence-corrected chi connectivity index (χ1v) is 16.8. The topological polar surface area (TPSA) is 114 Å². The molecule has 2 N–H and O–H groups in total. The number of hydrogen-bond acceptors (Lipinski definition) is 9. The molecule has 2 aliphatic heterocycles. The number of likely N-dealkylation sites (tertiary alicyclic amines) is 1. The molecular weight excluding hydrogens is 604 g/mol. The summed E-state index contributed by atoms with van der Waals surface area (Å²) in [7, 11) is 1.66. The van der Waals surface area contributed by atoms with Gasteiger partial charge in [-0.05, 0) is 55.7 Å². The number of methoxy groups -OCH3 is 1. The van der Waals surface area contributed by atoms with Crippen LogP contribution in [0, 0.1) is 11.8 Å². The monoisotopic (exact) mass is 642 g/mol. The molecule has 48 heavy (non-hydrogen) atoms. The van der Waals surface area contributed by atoms with Crippen LogP contribution in [-0.2, 0) is 4.79 Å². The number of fused-ring (bicyclic) bond motifs is 2. The number of nitrogens with zero attached hydrogens (tertiary/aromatic N) is 6. The van der Waals surface area contributed by atoms with Crippen LogP contribution in [0.3, 0.4) is 0 Å². The summed E-state index contributed by atoms with van der Waals surface area (Å²) in [4.78, 5) is 31.9. The summed E-state index contributed by atoms with van der Waals surface area (Å²) in [5.41, 5.74) is 5.83. The van der Waals surface area contributed by atoms with Gasteiger partial charge in [0.05, 0.1) is 41.6 Å². The maximum atomic E-state index is 12.7. The second-order valence-corrected chi connectivity index (χ2v) is 13.5. The Morgan fingerprint density at radius 2 is 1.79 bits per heavy atom. The van der Waals surface area contributed by atoms with E-state index in [0.29, 0.717) is 58.1 Å². The number of carbonyl (C=O) groups is 1. The van der Waals surface area contributed by atoms with Crippen molar-refractivity contribution in [2.45, 2.75) is 37.8 Å². The summed E-state index contributed by atoms with van der Waals surface area (Å²) in [6, 6.07) is 13.6. The molecule has 2 aliphatic carbocycles. The lowest BCUT2D eigenvalue weighted by Crippen LogP contribution is -2.30. The third kappa shape index (κ3) is 5.18. The van der Waals surface area contributed by atoms with Crippen LogP contribution in [0.25, 0.3) is 33.6 Å². The lowest BCUT2D eigenvalue weighted by atomic mass is 10.0. The first-order chi connectivity index (χ1) is 23.6. The summed E-state index contributed by atoms with van der Waals surface area (Å²) < 4.78 is 14.0. The van der Waals surface area contributed by atoms with Crippen LogP contribution in [0.2, 0.25) is 0 Å². The van der Waals surface area contributed by atoms with E-state index in [9.17, 15) is 4.79 Å². The second-order valence-electron chi connectivity index (χ2n) is 13.5. The van der Waals surface area contributed by atoms with Gasteiger partial charge in [0.15, 0.2) is 0 Å². The van der Waals surface area contributed by atoms with Gasteiger partial charge in [-0.3, -0.25) is 9.69 Å². The number of hydrogen-bond donors (Lipinski definition) is 2. The van der Waals surface area contributed by atoms with Crippen molar-refractivity contribution in [1.29, 1.82) is 0 Å². The number of rotatable bonds is 10. The number of nitrogens with one attached hydrogen (secondary N) is 2. The van der Waals surface area contributed by atoms with Gasteiger partial charge in [-0.15, -0.1) is 0 Å². The van der Waals surface area contributed by atoms with Crippen LogP contribution in [0.15, 0.2) is 78.3 Å². The van der Waals surface area contributed by atoms with Gasteiger partial charge < -0.3 is 29.3 Å². The molecule has 4 aliphatic rings. The van der Waals surface area contributed by atoms with Gasteiger partial charge in [-0.25, -0.2) is 15.0 Å². The number of para-hydroxylation sites is 1. The highest BCUT2D eigenvalue weighted by atomic mass is 16.5. The molecule has 11 heteroatoms. The standard InChI is InChI=1S/C37H38N8O3/c1-3-34(46)40-29-14-30(33(47-2)15-32(29)44-19-22-17-43(24-8-9-24)18-23(22)20-44)41-37-39-16-27(36-38-12-13-48-36)35(42-37)28-21-45(25-10-11-25)31-7-5-4-6-26(28)31/h3-7,12-16,21-25H,1,8-11,17-20H2,2H3,(H,40,46)(H,39,41,42)/t22-,23+. The lowest BCUT2D eigenvalue weighted by molar-refractivity contribution is -0.111. The van der Waals surface area contributed by atoms with Gasteiger partial charge in [-0.1, -0.05) is 24.8 Å². The quantitative estimate of drug-likeness (QED) is 0.165. The summed E-state index contributed by atoms with van der Waals surface area (Å²) in [5, 5.41) is 7.56. The van der Waals surface area contributed by atoms with E-state index < -0.39 is 0 Å². The number of aromatic nitrogens is 4. The minimum Gasteiger partial charge on any atom is -0.494 e. The van der Waals surface area contributed by atoms with Gasteiger partial charge >= 0.3 is 0 Å². The summed E-state index contributed by atoms with van der Waals surface area (Å²) in [5.74, 6) is 2.44. The smallest absolute Gasteiger partial charge is 0.247 e. The Labute approximate surface area is 278 Å². The molecule has 2 atom stereocenters. The average molecular weight is 643 g/mol. The minimum atomic E-state index is -0.271. The Balaban J connectivity index is 1.09. The van der Waals surface area contributed by atoms with E-state index in [1.165, 1.54) is 37.3 Å². The number of ether oxygens (including phenoxy) is 1. The molecule has 2 saturated carbocycles. The second kappa shape index (κ2) is 11.5. The van der Waals surface area contributed by atoms with Crippen molar-refractivity contribution in [3.63, 3.8) is 0 Å². The van der Waals surface area contributed by atoms with Gasteiger partial charge in [0.25, 0.3) is 0 Å². The molecule has 0 bridgehead atoms. The lowest BCUT2D eigenvalue weighted by Gasteiger charge is -2.26. The zero-order chi connectivity index (χ0) is 32.4.